The van der Waals surface area contributed by atoms with Gasteiger partial charge in [-0.15, -0.1) is 5.06 Å². The lowest BCUT2D eigenvalue weighted by Gasteiger charge is -2.23. The third-order valence-electron chi connectivity index (χ3n) is 3.75. The molecule has 1 atom stereocenters. The first kappa shape index (κ1) is 13.9. The standard InChI is InChI=1S/C19H21NO/c1-2-9-18-14-19(17-12-7-4-8-13-17)21-20(18)15-16-10-5-3-6-11-16/h3-8,10-14,18H,2,9,15H2,1H3. The van der Waals surface area contributed by atoms with E-state index in [1.54, 1.807) is 0 Å². The highest BCUT2D eigenvalue weighted by atomic mass is 16.7. The zero-order valence-electron chi connectivity index (χ0n) is 12.4. The Morgan fingerprint density at radius 3 is 2.29 bits per heavy atom. The fourth-order valence-electron chi connectivity index (χ4n) is 2.67. The normalized spacial score (nSPS) is 18.3. The molecule has 3 rings (SSSR count). The topological polar surface area (TPSA) is 12.5 Å². The number of hydrogen-bond donors (Lipinski definition) is 0. The number of benzene rings is 2. The van der Waals surface area contributed by atoms with E-state index >= 15 is 0 Å². The number of hydrogen-bond acceptors (Lipinski definition) is 2. The molecule has 0 saturated heterocycles. The van der Waals surface area contributed by atoms with Crippen molar-refractivity contribution >= 4 is 5.76 Å². The molecule has 1 aliphatic rings. The van der Waals surface area contributed by atoms with Gasteiger partial charge in [-0.25, -0.2) is 0 Å². The lowest BCUT2D eigenvalue weighted by atomic mass is 10.1. The molecule has 0 radical (unpaired) electrons. The van der Waals surface area contributed by atoms with Gasteiger partial charge in [-0.3, -0.25) is 0 Å². The van der Waals surface area contributed by atoms with Gasteiger partial charge in [0.05, 0.1) is 12.6 Å². The Morgan fingerprint density at radius 2 is 1.62 bits per heavy atom. The smallest absolute Gasteiger partial charge is 0.152 e. The third-order valence-corrected chi connectivity index (χ3v) is 3.75. The van der Waals surface area contributed by atoms with Gasteiger partial charge in [0, 0.05) is 5.56 Å². The average molecular weight is 279 g/mol. The molecule has 2 nitrogen and oxygen atoms in total. The summed E-state index contributed by atoms with van der Waals surface area (Å²) in [4.78, 5) is 6.11. The van der Waals surface area contributed by atoms with Crippen molar-refractivity contribution in [1.29, 1.82) is 0 Å². The Morgan fingerprint density at radius 1 is 0.952 bits per heavy atom. The number of rotatable bonds is 5. The van der Waals surface area contributed by atoms with Gasteiger partial charge in [0.2, 0.25) is 0 Å². The first-order valence-corrected chi connectivity index (χ1v) is 7.62. The molecule has 0 aromatic heterocycles. The lowest BCUT2D eigenvalue weighted by Crippen LogP contribution is -2.28. The molecule has 2 aromatic rings. The Kier molecular flexibility index (Phi) is 4.37. The minimum atomic E-state index is 0.352. The molecule has 0 N–H and O–H groups in total. The largest absolute Gasteiger partial charge is 0.405 e. The van der Waals surface area contributed by atoms with Crippen LogP contribution in [-0.2, 0) is 11.4 Å². The van der Waals surface area contributed by atoms with Gasteiger partial charge in [0.25, 0.3) is 0 Å². The molecular formula is C19H21NO. The fourth-order valence-corrected chi connectivity index (χ4v) is 2.67. The Hall–Kier alpha value is -2.06. The van der Waals surface area contributed by atoms with E-state index in [9.17, 15) is 0 Å². The Bertz CT molecular complexity index is 591. The summed E-state index contributed by atoms with van der Waals surface area (Å²) in [5, 5.41) is 2.10. The maximum Gasteiger partial charge on any atom is 0.152 e. The van der Waals surface area contributed by atoms with E-state index in [-0.39, 0.29) is 0 Å². The van der Waals surface area contributed by atoms with Crippen LogP contribution in [0.3, 0.4) is 0 Å². The minimum Gasteiger partial charge on any atom is -0.405 e. The number of nitrogens with zero attached hydrogens (tertiary/aromatic N) is 1. The predicted molar refractivity (Wildman–Crippen MR) is 86.2 cm³/mol. The SMILES string of the molecule is CCCC1C=C(c2ccccc2)ON1Cc1ccccc1. The molecule has 108 valence electrons. The molecule has 21 heavy (non-hydrogen) atoms. The van der Waals surface area contributed by atoms with Crippen LogP contribution < -0.4 is 0 Å². The zero-order chi connectivity index (χ0) is 14.5. The maximum atomic E-state index is 6.11. The van der Waals surface area contributed by atoms with Gasteiger partial charge in [-0.1, -0.05) is 74.0 Å². The average Bonchev–Trinajstić information content (AvgIpc) is 2.93. The molecule has 1 heterocycles. The van der Waals surface area contributed by atoms with Crippen molar-refractivity contribution in [3.05, 3.63) is 77.9 Å². The molecule has 1 aliphatic heterocycles. The molecule has 0 fully saturated rings. The highest BCUT2D eigenvalue weighted by molar-refractivity contribution is 5.61. The van der Waals surface area contributed by atoms with Crippen LogP contribution in [0.4, 0.5) is 0 Å². The van der Waals surface area contributed by atoms with Gasteiger partial charge in [0.15, 0.2) is 5.76 Å². The van der Waals surface area contributed by atoms with E-state index in [1.165, 1.54) is 5.56 Å². The molecule has 2 aromatic carbocycles. The van der Waals surface area contributed by atoms with Crippen molar-refractivity contribution in [3.8, 4) is 0 Å². The van der Waals surface area contributed by atoms with Crippen molar-refractivity contribution < 1.29 is 4.84 Å². The molecule has 0 aliphatic carbocycles. The van der Waals surface area contributed by atoms with E-state index in [1.807, 2.05) is 24.3 Å². The van der Waals surface area contributed by atoms with Gasteiger partial charge < -0.3 is 4.84 Å². The monoisotopic (exact) mass is 279 g/mol. The molecule has 0 amide bonds. The van der Waals surface area contributed by atoms with Crippen molar-refractivity contribution in [3.63, 3.8) is 0 Å². The molecule has 0 spiro atoms. The van der Waals surface area contributed by atoms with Crippen molar-refractivity contribution in [1.82, 2.24) is 5.06 Å². The fraction of sp³-hybridized carbons (Fsp3) is 0.263. The van der Waals surface area contributed by atoms with E-state index in [0.717, 1.165) is 30.7 Å². The molecule has 0 saturated carbocycles. The van der Waals surface area contributed by atoms with Crippen LogP contribution in [0.25, 0.3) is 5.76 Å². The van der Waals surface area contributed by atoms with Crippen LogP contribution in [0.5, 0.6) is 0 Å². The van der Waals surface area contributed by atoms with E-state index in [0.29, 0.717) is 6.04 Å². The van der Waals surface area contributed by atoms with Crippen LogP contribution in [0, 0.1) is 0 Å². The van der Waals surface area contributed by atoms with E-state index < -0.39 is 0 Å². The summed E-state index contributed by atoms with van der Waals surface area (Å²) < 4.78 is 0. The number of hydroxylamine groups is 2. The van der Waals surface area contributed by atoms with Crippen LogP contribution in [0.2, 0.25) is 0 Å². The van der Waals surface area contributed by atoms with Crippen molar-refractivity contribution in [2.75, 3.05) is 0 Å². The second-order valence-electron chi connectivity index (χ2n) is 5.41. The summed E-state index contributed by atoms with van der Waals surface area (Å²) in [7, 11) is 0. The summed E-state index contributed by atoms with van der Waals surface area (Å²) >= 11 is 0. The molecular weight excluding hydrogens is 258 g/mol. The van der Waals surface area contributed by atoms with Crippen LogP contribution in [0.1, 0.15) is 30.9 Å². The summed E-state index contributed by atoms with van der Waals surface area (Å²) in [5.74, 6) is 0.977. The van der Waals surface area contributed by atoms with E-state index in [2.05, 4.69) is 54.5 Å². The highest BCUT2D eigenvalue weighted by Gasteiger charge is 2.27. The van der Waals surface area contributed by atoms with Crippen LogP contribution in [-0.4, -0.2) is 11.1 Å². The lowest BCUT2D eigenvalue weighted by molar-refractivity contribution is -0.101. The molecule has 0 bridgehead atoms. The molecule has 2 heteroatoms. The maximum absolute atomic E-state index is 6.11. The first-order chi connectivity index (χ1) is 10.4. The quantitative estimate of drug-likeness (QED) is 0.790. The highest BCUT2D eigenvalue weighted by Crippen LogP contribution is 2.30. The third kappa shape index (κ3) is 3.34. The Labute approximate surface area is 126 Å². The van der Waals surface area contributed by atoms with E-state index in [4.69, 9.17) is 4.84 Å². The van der Waals surface area contributed by atoms with Crippen molar-refractivity contribution in [2.24, 2.45) is 0 Å². The minimum absolute atomic E-state index is 0.352. The Balaban J connectivity index is 1.76. The zero-order valence-corrected chi connectivity index (χ0v) is 12.4. The van der Waals surface area contributed by atoms with Gasteiger partial charge in [0.1, 0.15) is 0 Å². The first-order valence-electron chi connectivity index (χ1n) is 7.62. The second-order valence-corrected chi connectivity index (χ2v) is 5.41. The second kappa shape index (κ2) is 6.59. The summed E-state index contributed by atoms with van der Waals surface area (Å²) in [6, 6.07) is 21.2. The van der Waals surface area contributed by atoms with Gasteiger partial charge >= 0.3 is 0 Å². The van der Waals surface area contributed by atoms with Gasteiger partial charge in [-0.05, 0) is 18.1 Å². The summed E-state index contributed by atoms with van der Waals surface area (Å²) in [6.45, 7) is 3.04. The van der Waals surface area contributed by atoms with Crippen LogP contribution >= 0.6 is 0 Å². The molecule has 1 unspecified atom stereocenters. The predicted octanol–water partition coefficient (Wildman–Crippen LogP) is 4.64. The van der Waals surface area contributed by atoms with Gasteiger partial charge in [-0.2, -0.15) is 0 Å². The van der Waals surface area contributed by atoms with Crippen LogP contribution in [0.15, 0.2) is 66.7 Å². The summed E-state index contributed by atoms with van der Waals surface area (Å²) in [5.41, 5.74) is 2.43. The summed E-state index contributed by atoms with van der Waals surface area (Å²) in [6.07, 6.45) is 4.52. The van der Waals surface area contributed by atoms with Crippen molar-refractivity contribution in [2.45, 2.75) is 32.4 Å².